The first-order valence-electron chi connectivity index (χ1n) is 5.56. The summed E-state index contributed by atoms with van der Waals surface area (Å²) >= 11 is 1.30. The number of nitrogens with two attached hydrogens (primary N) is 1. The van der Waals surface area contributed by atoms with Crippen LogP contribution in [0.5, 0.6) is 0 Å². The minimum Gasteiger partial charge on any atom is -0.480 e. The summed E-state index contributed by atoms with van der Waals surface area (Å²) < 4.78 is 0. The van der Waals surface area contributed by atoms with Crippen molar-refractivity contribution in [2.45, 2.75) is 32.9 Å². The van der Waals surface area contributed by atoms with Crippen molar-refractivity contribution in [1.29, 1.82) is 0 Å². The zero-order valence-corrected chi connectivity index (χ0v) is 11.4. The molecular weight excluding hydrogens is 254 g/mol. The van der Waals surface area contributed by atoms with Gasteiger partial charge in [-0.25, -0.2) is 4.98 Å². The Hall–Kier alpha value is -1.47. The van der Waals surface area contributed by atoms with Gasteiger partial charge in [0.2, 0.25) is 0 Å². The zero-order chi connectivity index (χ0) is 13.9. The van der Waals surface area contributed by atoms with Gasteiger partial charge in [-0.1, -0.05) is 0 Å². The molecular formula is C11H17N3O3S. The molecule has 1 atom stereocenters. The number of hydrogen-bond donors (Lipinski definition) is 2. The van der Waals surface area contributed by atoms with E-state index in [9.17, 15) is 9.59 Å². The molecule has 1 aromatic heterocycles. The number of thiazole rings is 1. The van der Waals surface area contributed by atoms with Crippen molar-refractivity contribution in [2.24, 2.45) is 5.73 Å². The third-order valence-corrected chi connectivity index (χ3v) is 3.37. The van der Waals surface area contributed by atoms with E-state index in [2.05, 4.69) is 4.98 Å². The predicted octanol–water partition coefficient (Wildman–Crippen LogP) is 1.10. The Morgan fingerprint density at radius 1 is 1.50 bits per heavy atom. The van der Waals surface area contributed by atoms with Crippen LogP contribution in [0.4, 0.5) is 0 Å². The van der Waals surface area contributed by atoms with Crippen molar-refractivity contribution in [1.82, 2.24) is 9.88 Å². The van der Waals surface area contributed by atoms with Gasteiger partial charge in [0.25, 0.3) is 5.91 Å². The summed E-state index contributed by atoms with van der Waals surface area (Å²) in [5.41, 5.74) is 5.92. The normalized spacial score (nSPS) is 12.5. The van der Waals surface area contributed by atoms with Crippen LogP contribution in [-0.2, 0) is 4.79 Å². The first kappa shape index (κ1) is 14.6. The maximum atomic E-state index is 12.1. The topological polar surface area (TPSA) is 96.5 Å². The van der Waals surface area contributed by atoms with E-state index in [4.69, 9.17) is 10.8 Å². The fourth-order valence-electron chi connectivity index (χ4n) is 1.38. The molecule has 1 heterocycles. The van der Waals surface area contributed by atoms with Gasteiger partial charge < -0.3 is 15.7 Å². The van der Waals surface area contributed by atoms with Crippen molar-refractivity contribution in [3.63, 3.8) is 0 Å². The molecule has 6 nitrogen and oxygen atoms in total. The number of aliphatic carboxylic acids is 1. The predicted molar refractivity (Wildman–Crippen MR) is 68.5 cm³/mol. The molecule has 7 heteroatoms. The Morgan fingerprint density at radius 2 is 2.11 bits per heavy atom. The molecule has 1 rings (SSSR count). The molecule has 0 aromatic carbocycles. The van der Waals surface area contributed by atoms with Crippen molar-refractivity contribution in [2.75, 3.05) is 6.54 Å². The molecule has 18 heavy (non-hydrogen) atoms. The highest BCUT2D eigenvalue weighted by atomic mass is 32.1. The molecule has 0 spiro atoms. The highest BCUT2D eigenvalue weighted by Crippen LogP contribution is 2.17. The number of hydrogen-bond acceptors (Lipinski definition) is 5. The second kappa shape index (κ2) is 5.92. The van der Waals surface area contributed by atoms with Crippen LogP contribution >= 0.6 is 11.3 Å². The molecule has 1 aromatic rings. The average Bonchev–Trinajstić information content (AvgIpc) is 2.73. The summed E-state index contributed by atoms with van der Waals surface area (Å²) in [5.74, 6) is -1.42. The number of carboxylic acid groups (broad SMARTS) is 1. The Morgan fingerprint density at radius 3 is 2.50 bits per heavy atom. The lowest BCUT2D eigenvalue weighted by molar-refractivity contribution is -0.138. The number of carbonyl (C=O) groups excluding carboxylic acids is 1. The molecule has 1 unspecified atom stereocenters. The Bertz CT molecular complexity index is 442. The Balaban J connectivity index is 2.91. The monoisotopic (exact) mass is 271 g/mol. The second-order valence-electron chi connectivity index (χ2n) is 4.28. The van der Waals surface area contributed by atoms with Crippen LogP contribution < -0.4 is 5.73 Å². The second-order valence-corrected chi connectivity index (χ2v) is 5.17. The zero-order valence-electron chi connectivity index (χ0n) is 10.6. The number of amides is 1. The molecule has 0 aliphatic rings. The van der Waals surface area contributed by atoms with E-state index in [0.717, 1.165) is 0 Å². The van der Waals surface area contributed by atoms with Crippen LogP contribution in [0.25, 0.3) is 0 Å². The van der Waals surface area contributed by atoms with Crippen LogP contribution in [0.3, 0.4) is 0 Å². The summed E-state index contributed by atoms with van der Waals surface area (Å²) in [7, 11) is 0. The van der Waals surface area contributed by atoms with Gasteiger partial charge in [-0.05, 0) is 20.8 Å². The standard InChI is InChI=1S/C11H17N3O3S/c1-6(2)14(4-9(15)16)11(17)8-5-18-10(13-8)7(3)12/h5-7H,4,12H2,1-3H3,(H,15,16). The Labute approximate surface area is 109 Å². The molecule has 1 amide bonds. The third kappa shape index (κ3) is 3.51. The highest BCUT2D eigenvalue weighted by molar-refractivity contribution is 7.09. The fraction of sp³-hybridized carbons (Fsp3) is 0.545. The molecule has 0 saturated carbocycles. The largest absolute Gasteiger partial charge is 0.480 e. The number of rotatable bonds is 5. The van der Waals surface area contributed by atoms with Crippen molar-refractivity contribution < 1.29 is 14.7 Å². The fourth-order valence-corrected chi connectivity index (χ4v) is 2.13. The van der Waals surface area contributed by atoms with Crippen LogP contribution in [0.15, 0.2) is 5.38 Å². The number of aromatic nitrogens is 1. The van der Waals surface area contributed by atoms with Crippen molar-refractivity contribution >= 4 is 23.2 Å². The number of carbonyl (C=O) groups is 2. The number of carboxylic acids is 1. The molecule has 0 bridgehead atoms. The summed E-state index contributed by atoms with van der Waals surface area (Å²) in [6, 6.07) is -0.433. The van der Waals surface area contributed by atoms with Gasteiger partial charge in [-0.2, -0.15) is 0 Å². The van der Waals surface area contributed by atoms with E-state index in [0.29, 0.717) is 5.01 Å². The van der Waals surface area contributed by atoms with E-state index in [1.54, 1.807) is 26.2 Å². The smallest absolute Gasteiger partial charge is 0.323 e. The quantitative estimate of drug-likeness (QED) is 0.835. The SMILES string of the molecule is CC(N)c1nc(C(=O)N(CC(=O)O)C(C)C)cs1. The minimum atomic E-state index is -1.04. The van der Waals surface area contributed by atoms with E-state index in [1.807, 2.05) is 0 Å². The lowest BCUT2D eigenvalue weighted by Crippen LogP contribution is -2.40. The van der Waals surface area contributed by atoms with Crippen molar-refractivity contribution in [3.05, 3.63) is 16.1 Å². The molecule has 0 radical (unpaired) electrons. The van der Waals surface area contributed by atoms with Gasteiger partial charge in [0.05, 0.1) is 6.04 Å². The summed E-state index contributed by atoms with van der Waals surface area (Å²) in [4.78, 5) is 28.3. The first-order chi connectivity index (χ1) is 8.32. The van der Waals surface area contributed by atoms with Crippen LogP contribution in [0.2, 0.25) is 0 Å². The van der Waals surface area contributed by atoms with Crippen molar-refractivity contribution in [3.8, 4) is 0 Å². The molecule has 0 aliphatic carbocycles. The number of nitrogens with zero attached hydrogens (tertiary/aromatic N) is 2. The third-order valence-electron chi connectivity index (χ3n) is 2.32. The summed E-state index contributed by atoms with van der Waals surface area (Å²) in [5, 5.41) is 11.1. The van der Waals surface area contributed by atoms with Gasteiger partial charge in [0, 0.05) is 11.4 Å². The average molecular weight is 271 g/mol. The summed E-state index contributed by atoms with van der Waals surface area (Å²) in [6.45, 7) is 4.98. The molecule has 3 N–H and O–H groups in total. The van der Waals surface area contributed by atoms with Crippen LogP contribution in [0.1, 0.15) is 42.3 Å². The van der Waals surface area contributed by atoms with E-state index >= 15 is 0 Å². The Kier molecular flexibility index (Phi) is 4.80. The minimum absolute atomic E-state index is 0.200. The maximum absolute atomic E-state index is 12.1. The first-order valence-corrected chi connectivity index (χ1v) is 6.44. The summed E-state index contributed by atoms with van der Waals surface area (Å²) in [6.07, 6.45) is 0. The maximum Gasteiger partial charge on any atom is 0.323 e. The molecule has 0 fully saturated rings. The van der Waals surface area contributed by atoms with Gasteiger partial charge in [0.1, 0.15) is 17.2 Å². The molecule has 0 saturated heterocycles. The molecule has 0 aliphatic heterocycles. The van der Waals surface area contributed by atoms with Gasteiger partial charge in [-0.15, -0.1) is 11.3 Å². The van der Waals surface area contributed by atoms with Gasteiger partial charge in [-0.3, -0.25) is 9.59 Å². The van der Waals surface area contributed by atoms with E-state index in [1.165, 1.54) is 16.2 Å². The lowest BCUT2D eigenvalue weighted by atomic mass is 10.3. The van der Waals surface area contributed by atoms with Gasteiger partial charge in [0.15, 0.2) is 0 Å². The highest BCUT2D eigenvalue weighted by Gasteiger charge is 2.23. The van der Waals surface area contributed by atoms with Crippen LogP contribution in [0, 0.1) is 0 Å². The van der Waals surface area contributed by atoms with E-state index in [-0.39, 0.29) is 30.2 Å². The lowest BCUT2D eigenvalue weighted by Gasteiger charge is -2.23. The molecule has 100 valence electrons. The van der Waals surface area contributed by atoms with Crippen LogP contribution in [-0.4, -0.2) is 39.5 Å². The van der Waals surface area contributed by atoms with Gasteiger partial charge >= 0.3 is 5.97 Å². The van der Waals surface area contributed by atoms with E-state index < -0.39 is 5.97 Å².